The van der Waals surface area contributed by atoms with Crippen LogP contribution < -0.4 is 5.32 Å². The summed E-state index contributed by atoms with van der Waals surface area (Å²) in [6.07, 6.45) is 1.55. The number of unbranched alkanes of at least 4 members (excludes halogenated alkanes) is 1. The molecule has 1 heterocycles. The molecule has 0 radical (unpaired) electrons. The van der Waals surface area contributed by atoms with Gasteiger partial charge in [-0.25, -0.2) is 4.68 Å². The molecule has 6 heteroatoms. The van der Waals surface area contributed by atoms with E-state index in [-0.39, 0.29) is 12.3 Å². The van der Waals surface area contributed by atoms with Gasteiger partial charge in [-0.05, 0) is 44.4 Å². The Morgan fingerprint density at radius 1 is 1.17 bits per heavy atom. The molecule has 0 fully saturated rings. The molecule has 0 unspecified atom stereocenters. The number of hydrogen-bond donors (Lipinski definition) is 2. The number of carboxylic acid groups (broad SMARTS) is 1. The van der Waals surface area contributed by atoms with Gasteiger partial charge in [-0.3, -0.25) is 9.59 Å². The van der Waals surface area contributed by atoms with Gasteiger partial charge in [0, 0.05) is 25.1 Å². The second kappa shape index (κ2) is 8.29. The Balaban J connectivity index is 1.95. The van der Waals surface area contributed by atoms with Crippen LogP contribution in [-0.2, 0) is 16.1 Å². The smallest absolute Gasteiger partial charge is 0.303 e. The standard InChI is InChI=1S/C18H23N3O3/c1-13-11-14(2)21(20-13)16-8-4-3-7-15(16)12-19-17(22)9-5-6-10-18(23)24/h3-4,7-8,11H,5-6,9-10,12H2,1-2H3,(H,19,22)(H,23,24). The zero-order chi connectivity index (χ0) is 17.5. The van der Waals surface area contributed by atoms with Crippen molar-refractivity contribution in [1.29, 1.82) is 0 Å². The largest absolute Gasteiger partial charge is 0.481 e. The number of amides is 1. The highest BCUT2D eigenvalue weighted by molar-refractivity contribution is 5.76. The van der Waals surface area contributed by atoms with E-state index >= 15 is 0 Å². The van der Waals surface area contributed by atoms with Crippen LogP contribution in [0.5, 0.6) is 0 Å². The number of aliphatic carboxylic acids is 1. The highest BCUT2D eigenvalue weighted by Gasteiger charge is 2.10. The minimum absolute atomic E-state index is 0.0661. The second-order valence-corrected chi connectivity index (χ2v) is 5.85. The zero-order valence-electron chi connectivity index (χ0n) is 14.1. The lowest BCUT2D eigenvalue weighted by Crippen LogP contribution is -2.23. The fourth-order valence-electron chi connectivity index (χ4n) is 2.58. The number of aryl methyl sites for hydroxylation is 2. The van der Waals surface area contributed by atoms with Crippen molar-refractivity contribution in [2.24, 2.45) is 0 Å². The number of carbonyl (C=O) groups is 2. The first kappa shape index (κ1) is 17.7. The molecule has 0 saturated carbocycles. The van der Waals surface area contributed by atoms with Crippen LogP contribution in [0.15, 0.2) is 30.3 Å². The number of carboxylic acids is 1. The Kier molecular flexibility index (Phi) is 6.12. The van der Waals surface area contributed by atoms with Crippen LogP contribution in [0.25, 0.3) is 5.69 Å². The van der Waals surface area contributed by atoms with E-state index in [1.165, 1.54) is 0 Å². The fraction of sp³-hybridized carbons (Fsp3) is 0.389. The Labute approximate surface area is 141 Å². The summed E-state index contributed by atoms with van der Waals surface area (Å²) in [4.78, 5) is 22.3. The first-order valence-corrected chi connectivity index (χ1v) is 8.07. The van der Waals surface area contributed by atoms with Crippen molar-refractivity contribution in [1.82, 2.24) is 15.1 Å². The van der Waals surface area contributed by atoms with E-state index in [0.717, 1.165) is 22.6 Å². The summed E-state index contributed by atoms with van der Waals surface area (Å²) in [5.41, 5.74) is 3.93. The summed E-state index contributed by atoms with van der Waals surface area (Å²) < 4.78 is 1.88. The highest BCUT2D eigenvalue weighted by atomic mass is 16.4. The van der Waals surface area contributed by atoms with Crippen LogP contribution in [0.1, 0.15) is 42.6 Å². The molecule has 0 spiro atoms. The number of benzene rings is 1. The Morgan fingerprint density at radius 3 is 2.54 bits per heavy atom. The number of nitrogens with zero attached hydrogens (tertiary/aromatic N) is 2. The predicted molar refractivity (Wildman–Crippen MR) is 91.0 cm³/mol. The van der Waals surface area contributed by atoms with Crippen LogP contribution >= 0.6 is 0 Å². The minimum atomic E-state index is -0.825. The Morgan fingerprint density at radius 2 is 1.88 bits per heavy atom. The van der Waals surface area contributed by atoms with E-state index in [4.69, 9.17) is 5.11 Å². The molecule has 2 N–H and O–H groups in total. The number of carbonyl (C=O) groups excluding carboxylic acids is 1. The normalized spacial score (nSPS) is 10.6. The van der Waals surface area contributed by atoms with Gasteiger partial charge in [0.15, 0.2) is 0 Å². The monoisotopic (exact) mass is 329 g/mol. The molecule has 0 aliphatic rings. The van der Waals surface area contributed by atoms with Gasteiger partial charge in [-0.15, -0.1) is 0 Å². The number of aromatic nitrogens is 2. The molecule has 1 amide bonds. The van der Waals surface area contributed by atoms with E-state index < -0.39 is 5.97 Å². The van der Waals surface area contributed by atoms with Gasteiger partial charge in [0.2, 0.25) is 5.91 Å². The number of nitrogens with one attached hydrogen (secondary N) is 1. The van der Waals surface area contributed by atoms with Crippen LogP contribution in [0.4, 0.5) is 0 Å². The van der Waals surface area contributed by atoms with E-state index in [2.05, 4.69) is 10.4 Å². The summed E-state index contributed by atoms with van der Waals surface area (Å²) in [5.74, 6) is -0.891. The van der Waals surface area contributed by atoms with Gasteiger partial charge in [-0.2, -0.15) is 5.10 Å². The molecule has 128 valence electrons. The Bertz CT molecular complexity index is 722. The summed E-state index contributed by atoms with van der Waals surface area (Å²) in [6.45, 7) is 4.37. The molecular formula is C18H23N3O3. The maximum Gasteiger partial charge on any atom is 0.303 e. The molecular weight excluding hydrogens is 306 g/mol. The summed E-state index contributed by atoms with van der Waals surface area (Å²) >= 11 is 0. The first-order chi connectivity index (χ1) is 11.5. The molecule has 1 aromatic carbocycles. The van der Waals surface area contributed by atoms with Crippen molar-refractivity contribution in [2.45, 2.75) is 46.1 Å². The highest BCUT2D eigenvalue weighted by Crippen LogP contribution is 2.17. The van der Waals surface area contributed by atoms with E-state index in [0.29, 0.717) is 25.8 Å². The van der Waals surface area contributed by atoms with Gasteiger partial charge in [-0.1, -0.05) is 18.2 Å². The average molecular weight is 329 g/mol. The van der Waals surface area contributed by atoms with Crippen molar-refractivity contribution >= 4 is 11.9 Å². The van der Waals surface area contributed by atoms with Crippen molar-refractivity contribution in [3.63, 3.8) is 0 Å². The molecule has 1 aromatic heterocycles. The van der Waals surface area contributed by atoms with Crippen LogP contribution in [0.2, 0.25) is 0 Å². The van der Waals surface area contributed by atoms with Gasteiger partial charge < -0.3 is 10.4 Å². The topological polar surface area (TPSA) is 84.2 Å². The zero-order valence-corrected chi connectivity index (χ0v) is 14.1. The number of para-hydroxylation sites is 1. The van der Waals surface area contributed by atoms with Crippen molar-refractivity contribution in [2.75, 3.05) is 0 Å². The van der Waals surface area contributed by atoms with Gasteiger partial charge in [0.25, 0.3) is 0 Å². The molecule has 0 bridgehead atoms. The lowest BCUT2D eigenvalue weighted by atomic mass is 10.1. The molecule has 6 nitrogen and oxygen atoms in total. The predicted octanol–water partition coefficient (Wildman–Crippen LogP) is 2.75. The maximum atomic E-state index is 11.9. The average Bonchev–Trinajstić information content (AvgIpc) is 2.88. The SMILES string of the molecule is Cc1cc(C)n(-c2ccccc2CNC(=O)CCCCC(=O)O)n1. The minimum Gasteiger partial charge on any atom is -0.481 e. The summed E-state index contributed by atoms with van der Waals surface area (Å²) in [5, 5.41) is 16.0. The molecule has 2 aromatic rings. The third-order valence-electron chi connectivity index (χ3n) is 3.75. The summed E-state index contributed by atoms with van der Waals surface area (Å²) in [7, 11) is 0. The van der Waals surface area contributed by atoms with Crippen LogP contribution in [0, 0.1) is 13.8 Å². The van der Waals surface area contributed by atoms with E-state index in [9.17, 15) is 9.59 Å². The van der Waals surface area contributed by atoms with Crippen molar-refractivity contribution in [3.05, 3.63) is 47.3 Å². The second-order valence-electron chi connectivity index (χ2n) is 5.85. The number of rotatable bonds is 8. The van der Waals surface area contributed by atoms with Gasteiger partial charge in [0.1, 0.15) is 0 Å². The van der Waals surface area contributed by atoms with Gasteiger partial charge >= 0.3 is 5.97 Å². The third-order valence-corrected chi connectivity index (χ3v) is 3.75. The van der Waals surface area contributed by atoms with Crippen LogP contribution in [0.3, 0.4) is 0 Å². The molecule has 24 heavy (non-hydrogen) atoms. The quantitative estimate of drug-likeness (QED) is 0.729. The molecule has 0 atom stereocenters. The third kappa shape index (κ3) is 4.94. The lowest BCUT2D eigenvalue weighted by Gasteiger charge is -2.12. The molecule has 2 rings (SSSR count). The molecule has 0 aliphatic carbocycles. The maximum absolute atomic E-state index is 11.9. The molecule has 0 aliphatic heterocycles. The first-order valence-electron chi connectivity index (χ1n) is 8.07. The van der Waals surface area contributed by atoms with Crippen molar-refractivity contribution in [3.8, 4) is 5.69 Å². The van der Waals surface area contributed by atoms with Crippen LogP contribution in [-0.4, -0.2) is 26.8 Å². The Hall–Kier alpha value is -2.63. The lowest BCUT2D eigenvalue weighted by molar-refractivity contribution is -0.137. The van der Waals surface area contributed by atoms with Gasteiger partial charge in [0.05, 0.1) is 11.4 Å². The van der Waals surface area contributed by atoms with E-state index in [1.54, 1.807) is 0 Å². The number of hydrogen-bond acceptors (Lipinski definition) is 3. The van der Waals surface area contributed by atoms with E-state index in [1.807, 2.05) is 48.9 Å². The fourth-order valence-corrected chi connectivity index (χ4v) is 2.58. The van der Waals surface area contributed by atoms with Crippen molar-refractivity contribution < 1.29 is 14.7 Å². The molecule has 0 saturated heterocycles. The summed E-state index contributed by atoms with van der Waals surface area (Å²) in [6, 6.07) is 9.84.